The number of ether oxygens (including phenoxy) is 1. The van der Waals surface area contributed by atoms with Crippen LogP contribution in [0.15, 0.2) is 53.5 Å². The van der Waals surface area contributed by atoms with Gasteiger partial charge in [0.2, 0.25) is 6.17 Å². The van der Waals surface area contributed by atoms with Gasteiger partial charge in [-0.25, -0.2) is 4.99 Å². The van der Waals surface area contributed by atoms with Gasteiger partial charge in [0.15, 0.2) is 5.11 Å². The number of likely N-dealkylation sites (N-methyl/N-ethyl adjacent to an activating group) is 1. The third kappa shape index (κ3) is 4.96. The summed E-state index contributed by atoms with van der Waals surface area (Å²) in [4.78, 5) is 36.4. The lowest BCUT2D eigenvalue weighted by Gasteiger charge is -2.37. The number of aliphatic imine (C=N–C) groups is 1. The normalized spacial score (nSPS) is 22.1. The van der Waals surface area contributed by atoms with Crippen molar-refractivity contribution in [3.63, 3.8) is 0 Å². The molecule has 2 atom stereocenters. The van der Waals surface area contributed by atoms with E-state index in [0.29, 0.717) is 48.6 Å². The first-order valence-corrected chi connectivity index (χ1v) is 12.9. The predicted molar refractivity (Wildman–Crippen MR) is 144 cm³/mol. The van der Waals surface area contributed by atoms with Crippen molar-refractivity contribution in [3.8, 4) is 0 Å². The maximum Gasteiger partial charge on any atom is 0.272 e. The van der Waals surface area contributed by atoms with Crippen molar-refractivity contribution in [1.29, 1.82) is 0 Å². The lowest BCUT2D eigenvalue weighted by molar-refractivity contribution is -0.142. The zero-order valence-corrected chi connectivity index (χ0v) is 21.6. The predicted octanol–water partition coefficient (Wildman–Crippen LogP) is 2.68. The Hall–Kier alpha value is -3.01. The molecular weight excluding hydrogens is 498 g/mol. The van der Waals surface area contributed by atoms with Crippen molar-refractivity contribution in [1.82, 2.24) is 15.1 Å². The van der Waals surface area contributed by atoms with E-state index in [1.807, 2.05) is 52.3 Å². The Kier molecular flexibility index (Phi) is 7.22. The molecule has 10 heteroatoms. The van der Waals surface area contributed by atoms with Gasteiger partial charge in [0.1, 0.15) is 6.10 Å². The molecule has 36 heavy (non-hydrogen) atoms. The summed E-state index contributed by atoms with van der Waals surface area (Å²) in [6.45, 7) is 2.91. The number of amides is 2. The maximum absolute atomic E-state index is 13.5. The number of anilines is 1. The fourth-order valence-electron chi connectivity index (χ4n) is 4.78. The van der Waals surface area contributed by atoms with Crippen LogP contribution in [0.1, 0.15) is 24.0 Å². The average Bonchev–Trinajstić information content (AvgIpc) is 3.42. The van der Waals surface area contributed by atoms with E-state index in [1.165, 1.54) is 0 Å². The van der Waals surface area contributed by atoms with Crippen LogP contribution in [0.3, 0.4) is 0 Å². The highest BCUT2D eigenvalue weighted by molar-refractivity contribution is 7.80. The van der Waals surface area contributed by atoms with Gasteiger partial charge in [-0.15, -0.1) is 0 Å². The Morgan fingerprint density at radius 2 is 1.83 bits per heavy atom. The molecule has 0 aromatic heterocycles. The second kappa shape index (κ2) is 10.5. The van der Waals surface area contributed by atoms with Crippen molar-refractivity contribution in [2.24, 2.45) is 4.99 Å². The molecule has 0 radical (unpaired) electrons. The topological polar surface area (TPSA) is 77.5 Å². The summed E-state index contributed by atoms with van der Waals surface area (Å²) in [7, 11) is 1.73. The molecule has 2 fully saturated rings. The minimum Gasteiger partial charge on any atom is -0.368 e. The van der Waals surface area contributed by atoms with Crippen LogP contribution in [0.4, 0.5) is 5.69 Å². The van der Waals surface area contributed by atoms with Gasteiger partial charge in [-0.2, -0.15) is 0 Å². The van der Waals surface area contributed by atoms with E-state index >= 15 is 0 Å². The molecule has 0 spiro atoms. The van der Waals surface area contributed by atoms with Gasteiger partial charge < -0.3 is 24.8 Å². The third-order valence-corrected chi connectivity index (χ3v) is 7.40. The van der Waals surface area contributed by atoms with Gasteiger partial charge in [-0.05, 0) is 43.3 Å². The van der Waals surface area contributed by atoms with E-state index in [0.717, 1.165) is 29.7 Å². The molecule has 2 aromatic carbocycles. The van der Waals surface area contributed by atoms with Crippen LogP contribution in [0.2, 0.25) is 5.02 Å². The Morgan fingerprint density at radius 3 is 2.53 bits per heavy atom. The summed E-state index contributed by atoms with van der Waals surface area (Å²) >= 11 is 12.0. The number of carbonyl (C=O) groups excluding carboxylic acids is 2. The van der Waals surface area contributed by atoms with Crippen LogP contribution >= 0.6 is 23.8 Å². The van der Waals surface area contributed by atoms with Crippen LogP contribution in [0.5, 0.6) is 0 Å². The number of hydrogen-bond donors (Lipinski definition) is 1. The van der Waals surface area contributed by atoms with E-state index in [4.69, 9.17) is 33.5 Å². The molecule has 1 N–H and O–H groups in total. The summed E-state index contributed by atoms with van der Waals surface area (Å²) in [5.74, 6) is -0.167. The summed E-state index contributed by atoms with van der Waals surface area (Å²) in [5, 5.41) is 4.18. The van der Waals surface area contributed by atoms with Crippen molar-refractivity contribution < 1.29 is 14.3 Å². The lowest BCUT2D eigenvalue weighted by Crippen LogP contribution is -2.57. The van der Waals surface area contributed by atoms with Crippen molar-refractivity contribution in [2.45, 2.75) is 25.1 Å². The summed E-state index contributed by atoms with van der Waals surface area (Å²) < 4.78 is 5.55. The molecule has 3 aliphatic rings. The number of halogens is 1. The van der Waals surface area contributed by atoms with Gasteiger partial charge in [-0.1, -0.05) is 41.9 Å². The monoisotopic (exact) mass is 525 g/mol. The number of fused-ring (bicyclic) bond motifs is 1. The van der Waals surface area contributed by atoms with Crippen LogP contribution in [0, 0.1) is 0 Å². The summed E-state index contributed by atoms with van der Waals surface area (Å²) in [6, 6.07) is 15.1. The minimum atomic E-state index is -0.907. The zero-order chi connectivity index (χ0) is 25.2. The fourth-order valence-corrected chi connectivity index (χ4v) is 5.25. The smallest absolute Gasteiger partial charge is 0.272 e. The Morgan fingerprint density at radius 1 is 1.11 bits per heavy atom. The number of hydrogen-bond acceptors (Lipinski definition) is 5. The number of carbonyl (C=O) groups is 2. The number of nitrogens with zero attached hydrogens (tertiary/aromatic N) is 4. The second-order valence-corrected chi connectivity index (χ2v) is 9.89. The van der Waals surface area contributed by atoms with Crippen LogP contribution in [-0.4, -0.2) is 84.5 Å². The van der Waals surface area contributed by atoms with E-state index in [9.17, 15) is 9.59 Å². The number of thiocarbonyl (C=S) groups is 1. The Balaban J connectivity index is 1.34. The molecule has 3 heterocycles. The first kappa shape index (κ1) is 24.7. The Labute approximate surface area is 220 Å². The molecule has 0 aliphatic carbocycles. The van der Waals surface area contributed by atoms with Gasteiger partial charge in [0, 0.05) is 56.0 Å². The highest BCUT2D eigenvalue weighted by Gasteiger charge is 2.34. The van der Waals surface area contributed by atoms with E-state index < -0.39 is 6.17 Å². The first-order valence-electron chi connectivity index (χ1n) is 12.1. The second-order valence-electron chi connectivity index (χ2n) is 9.07. The van der Waals surface area contributed by atoms with Gasteiger partial charge in [-0.3, -0.25) is 9.59 Å². The van der Waals surface area contributed by atoms with Crippen molar-refractivity contribution in [3.05, 3.63) is 64.7 Å². The van der Waals surface area contributed by atoms with Crippen LogP contribution in [-0.2, 0) is 14.3 Å². The maximum atomic E-state index is 13.5. The molecule has 2 aromatic rings. The average molecular weight is 526 g/mol. The summed E-state index contributed by atoms with van der Waals surface area (Å²) in [6.07, 6.45) is 0.485. The Bertz CT molecular complexity index is 1190. The van der Waals surface area contributed by atoms with E-state index in [1.54, 1.807) is 18.0 Å². The molecule has 2 saturated heterocycles. The molecule has 8 nitrogen and oxygen atoms in total. The van der Waals surface area contributed by atoms with Crippen molar-refractivity contribution in [2.75, 3.05) is 44.7 Å². The number of benzene rings is 2. The van der Waals surface area contributed by atoms with Crippen LogP contribution < -0.4 is 10.2 Å². The number of nitrogens with one attached hydrogen (secondary N) is 1. The largest absolute Gasteiger partial charge is 0.368 e. The number of rotatable bonds is 3. The fraction of sp³-hybridized carbons (Fsp3) is 0.385. The quantitative estimate of drug-likeness (QED) is 0.621. The number of piperazine rings is 1. The molecule has 0 saturated carbocycles. The highest BCUT2D eigenvalue weighted by atomic mass is 35.5. The summed E-state index contributed by atoms with van der Waals surface area (Å²) in [5.41, 5.74) is 3.05. The SMILES string of the molecule is CN1C(=O)C(NC(=S)N2CCN(C(=O)C3CCCO3)CC2)N=C(c2ccccc2)c2cc(Cl)ccc21. The molecule has 2 amide bonds. The lowest BCUT2D eigenvalue weighted by atomic mass is 10.0. The number of benzodiazepines with no additional fused rings is 1. The van der Waals surface area contributed by atoms with Crippen LogP contribution in [0.25, 0.3) is 0 Å². The molecule has 2 unspecified atom stereocenters. The molecule has 5 rings (SSSR count). The van der Waals surface area contributed by atoms with Gasteiger partial charge in [0.25, 0.3) is 11.8 Å². The highest BCUT2D eigenvalue weighted by Crippen LogP contribution is 2.30. The zero-order valence-electron chi connectivity index (χ0n) is 20.0. The third-order valence-electron chi connectivity index (χ3n) is 6.79. The van der Waals surface area contributed by atoms with E-state index in [-0.39, 0.29) is 17.9 Å². The molecule has 0 bridgehead atoms. The molecular formula is C26H28ClN5O3S. The standard InChI is InChI=1S/C26H28ClN5O3S/c1-30-20-10-9-18(27)16-19(20)22(17-6-3-2-4-7-17)28-23(25(30)34)29-26(36)32-13-11-31(12-14-32)24(33)21-8-5-15-35-21/h2-4,6-7,9-10,16,21,23H,5,8,11-15H2,1H3,(H,29,36). The van der Waals surface area contributed by atoms with E-state index in [2.05, 4.69) is 5.32 Å². The minimum absolute atomic E-state index is 0.0557. The first-order chi connectivity index (χ1) is 17.4. The van der Waals surface area contributed by atoms with Crippen molar-refractivity contribution >= 4 is 52.1 Å². The molecule has 188 valence electrons. The van der Waals surface area contributed by atoms with Gasteiger partial charge in [0.05, 0.1) is 11.4 Å². The molecule has 3 aliphatic heterocycles. The van der Waals surface area contributed by atoms with Gasteiger partial charge >= 0.3 is 0 Å².